The van der Waals surface area contributed by atoms with E-state index in [0.717, 1.165) is 10.8 Å². The van der Waals surface area contributed by atoms with Crippen molar-refractivity contribution in [1.29, 1.82) is 0 Å². The summed E-state index contributed by atoms with van der Waals surface area (Å²) in [6.45, 7) is 2.56. The monoisotopic (exact) mass is 637 g/mol. The van der Waals surface area contributed by atoms with Crippen LogP contribution in [0.3, 0.4) is 0 Å². The molecule has 4 rings (SSSR count). The van der Waals surface area contributed by atoms with Gasteiger partial charge in [-0.1, -0.05) is 43.3 Å². The molecule has 3 aromatic rings. The zero-order valence-corrected chi connectivity index (χ0v) is 24.5. The predicted octanol–water partition coefficient (Wildman–Crippen LogP) is 2.49. The zero-order valence-electron chi connectivity index (χ0n) is 23.7. The van der Waals surface area contributed by atoms with Crippen molar-refractivity contribution < 1.29 is 54.3 Å². The number of Topliss-reactive ketones (excluding diaryl/α,β-unsaturated/α-hetero) is 1. The standard InChI is InChI=1S/C28H27F3N4O8S/c1-17(2)27(15-21(34-43-27)25-19-9-5-4-8-18(19)11-12-32-25)26(38)33-20(14-24(37)42-44(39,40)28(29,30)31)22(36)16-41-23-10-6-7-13-35(23)3/h4-13,17,20H,14-16H2,1-3H3/p+1/t20-,27-/m0/s1. The highest BCUT2D eigenvalue weighted by Crippen LogP contribution is 2.35. The molecule has 1 aromatic carbocycles. The third kappa shape index (κ3) is 6.79. The highest BCUT2D eigenvalue weighted by molar-refractivity contribution is 7.88. The Morgan fingerprint density at radius 2 is 1.82 bits per heavy atom. The van der Waals surface area contributed by atoms with Crippen LogP contribution in [0.25, 0.3) is 10.8 Å². The number of nitrogens with zero attached hydrogens (tertiary/aromatic N) is 3. The molecule has 1 aliphatic heterocycles. The minimum absolute atomic E-state index is 0.109. The molecule has 2 atom stereocenters. The summed E-state index contributed by atoms with van der Waals surface area (Å²) in [4.78, 5) is 49.3. The van der Waals surface area contributed by atoms with Gasteiger partial charge in [-0.05, 0) is 17.5 Å². The highest BCUT2D eigenvalue weighted by atomic mass is 32.2. The molecule has 0 saturated carbocycles. The number of ether oxygens (including phenoxy) is 1. The minimum atomic E-state index is -6.31. The summed E-state index contributed by atoms with van der Waals surface area (Å²) in [5, 5.41) is 8.04. The molecule has 0 aliphatic carbocycles. The van der Waals surface area contributed by atoms with Crippen LogP contribution in [0.4, 0.5) is 13.2 Å². The lowest BCUT2D eigenvalue weighted by Gasteiger charge is -2.30. The number of hydrogen-bond donors (Lipinski definition) is 1. The van der Waals surface area contributed by atoms with Crippen molar-refractivity contribution in [3.8, 4) is 5.88 Å². The van der Waals surface area contributed by atoms with Crippen molar-refractivity contribution in [3.63, 3.8) is 0 Å². The molecule has 0 radical (unpaired) electrons. The Bertz CT molecular complexity index is 1720. The molecule has 0 bridgehead atoms. The predicted molar refractivity (Wildman–Crippen MR) is 147 cm³/mol. The average Bonchev–Trinajstić information content (AvgIpc) is 3.42. The molecule has 0 unspecified atom stereocenters. The first kappa shape index (κ1) is 32.3. The maximum atomic E-state index is 13.7. The SMILES string of the molecule is CC(C)[C@]1(C(=O)N[C@@H](CC(=O)OS(=O)(=O)C(F)(F)F)C(=O)COc2cccc[n+]2C)CC(c2nccc3ccccc23)=NO1. The van der Waals surface area contributed by atoms with Crippen LogP contribution >= 0.6 is 0 Å². The molecule has 0 saturated heterocycles. The number of fused-ring (bicyclic) bond motifs is 1. The number of aryl methyl sites for hydroxylation is 1. The number of nitrogens with one attached hydrogen (secondary N) is 1. The van der Waals surface area contributed by atoms with Crippen LogP contribution in [0.15, 0.2) is 66.1 Å². The van der Waals surface area contributed by atoms with Gasteiger partial charge in [-0.2, -0.15) is 26.2 Å². The van der Waals surface area contributed by atoms with Crippen LogP contribution < -0.4 is 14.6 Å². The molecule has 0 spiro atoms. The maximum Gasteiger partial charge on any atom is 0.534 e. The number of aromatic nitrogens is 2. The number of carbonyl (C=O) groups is 3. The topological polar surface area (TPSA) is 154 Å². The van der Waals surface area contributed by atoms with E-state index in [2.05, 4.69) is 19.6 Å². The third-order valence-electron chi connectivity index (χ3n) is 6.93. The summed E-state index contributed by atoms with van der Waals surface area (Å²) in [7, 11) is -4.70. The number of oxime groups is 1. The molecule has 234 valence electrons. The normalized spacial score (nSPS) is 17.5. The van der Waals surface area contributed by atoms with Gasteiger partial charge < -0.3 is 19.1 Å². The third-order valence-corrected chi connectivity index (χ3v) is 7.91. The van der Waals surface area contributed by atoms with E-state index in [9.17, 15) is 36.0 Å². The second-order valence-corrected chi connectivity index (χ2v) is 11.8. The number of benzene rings is 1. The van der Waals surface area contributed by atoms with Crippen LogP contribution in [-0.2, 0) is 40.6 Å². The smallest absolute Gasteiger partial charge is 0.436 e. The molecule has 1 N–H and O–H groups in total. The Morgan fingerprint density at radius 1 is 1.11 bits per heavy atom. The summed E-state index contributed by atoms with van der Waals surface area (Å²) in [6.07, 6.45) is 1.82. The van der Waals surface area contributed by atoms with Gasteiger partial charge in [0.1, 0.15) is 18.8 Å². The van der Waals surface area contributed by atoms with Gasteiger partial charge in [0.2, 0.25) is 5.60 Å². The summed E-state index contributed by atoms with van der Waals surface area (Å²) in [5.74, 6) is -4.17. The van der Waals surface area contributed by atoms with E-state index >= 15 is 0 Å². The molecular weight excluding hydrogens is 609 g/mol. The zero-order chi connectivity index (χ0) is 32.3. The van der Waals surface area contributed by atoms with Gasteiger partial charge in [0, 0.05) is 30.0 Å². The molecule has 0 fully saturated rings. The van der Waals surface area contributed by atoms with Gasteiger partial charge in [-0.3, -0.25) is 19.4 Å². The lowest BCUT2D eigenvalue weighted by molar-refractivity contribution is -0.677. The Kier molecular flexibility index (Phi) is 9.22. The summed E-state index contributed by atoms with van der Waals surface area (Å²) < 4.78 is 71.8. The summed E-state index contributed by atoms with van der Waals surface area (Å²) in [6, 6.07) is 12.1. The van der Waals surface area contributed by atoms with Crippen molar-refractivity contribution in [3.05, 3.63) is 66.6 Å². The molecule has 3 heterocycles. The first-order chi connectivity index (χ1) is 20.6. The van der Waals surface area contributed by atoms with Gasteiger partial charge in [0.05, 0.1) is 18.2 Å². The number of hydrogen-bond acceptors (Lipinski definition) is 10. The second-order valence-electron chi connectivity index (χ2n) is 10.2. The first-order valence-corrected chi connectivity index (χ1v) is 14.6. The quantitative estimate of drug-likeness (QED) is 0.190. The molecule has 2 aromatic heterocycles. The molecule has 12 nitrogen and oxygen atoms in total. The number of rotatable bonds is 11. The Hall–Kier alpha value is -4.60. The van der Waals surface area contributed by atoms with E-state index in [1.54, 1.807) is 57.6 Å². The molecule has 1 aliphatic rings. The van der Waals surface area contributed by atoms with Crippen LogP contribution in [0.1, 0.15) is 32.4 Å². The molecule has 16 heteroatoms. The van der Waals surface area contributed by atoms with E-state index in [0.29, 0.717) is 11.4 Å². The number of halogens is 3. The van der Waals surface area contributed by atoms with Crippen LogP contribution in [-0.4, -0.2) is 60.5 Å². The lowest BCUT2D eigenvalue weighted by atomic mass is 9.83. The highest BCUT2D eigenvalue weighted by Gasteiger charge is 2.52. The molecular formula is C28H28F3N4O8S+. The first-order valence-electron chi connectivity index (χ1n) is 13.2. The van der Waals surface area contributed by atoms with Crippen molar-refractivity contribution in [1.82, 2.24) is 10.3 Å². The number of carbonyl (C=O) groups excluding carboxylic acids is 3. The van der Waals surface area contributed by atoms with Crippen LogP contribution in [0, 0.1) is 5.92 Å². The second kappa shape index (κ2) is 12.6. The largest absolute Gasteiger partial charge is 0.534 e. The van der Waals surface area contributed by atoms with Crippen molar-refractivity contribution in [2.45, 2.75) is 43.8 Å². The Balaban J connectivity index is 1.58. The van der Waals surface area contributed by atoms with E-state index in [1.807, 2.05) is 18.2 Å². The number of ketones is 1. The van der Waals surface area contributed by atoms with Crippen molar-refractivity contribution in [2.24, 2.45) is 18.1 Å². The van der Waals surface area contributed by atoms with Gasteiger partial charge >= 0.3 is 27.5 Å². The van der Waals surface area contributed by atoms with Gasteiger partial charge in [-0.25, -0.2) is 0 Å². The van der Waals surface area contributed by atoms with E-state index in [-0.39, 0.29) is 12.3 Å². The van der Waals surface area contributed by atoms with Crippen LogP contribution in [0.2, 0.25) is 0 Å². The number of alkyl halides is 3. The van der Waals surface area contributed by atoms with Crippen molar-refractivity contribution >= 4 is 44.3 Å². The maximum absolute atomic E-state index is 13.7. The summed E-state index contributed by atoms with van der Waals surface area (Å²) in [5.41, 5.74) is -6.83. The van der Waals surface area contributed by atoms with Gasteiger partial charge in [-0.15, -0.1) is 0 Å². The fourth-order valence-electron chi connectivity index (χ4n) is 4.42. The Labute approximate surface area is 249 Å². The lowest BCUT2D eigenvalue weighted by Crippen LogP contribution is -2.56. The number of amides is 1. The molecule has 1 amide bonds. The molecule has 44 heavy (non-hydrogen) atoms. The average molecular weight is 638 g/mol. The van der Waals surface area contributed by atoms with Gasteiger partial charge in [0.15, 0.2) is 18.6 Å². The minimum Gasteiger partial charge on any atom is -0.436 e. The van der Waals surface area contributed by atoms with E-state index < -0.39 is 63.9 Å². The van der Waals surface area contributed by atoms with E-state index in [4.69, 9.17) is 9.57 Å². The van der Waals surface area contributed by atoms with E-state index in [1.165, 1.54) is 10.6 Å². The fourth-order valence-corrected chi connectivity index (χ4v) is 4.83. The van der Waals surface area contributed by atoms with Crippen molar-refractivity contribution in [2.75, 3.05) is 6.61 Å². The van der Waals surface area contributed by atoms with Gasteiger partial charge in [0.25, 0.3) is 5.91 Å². The van der Waals surface area contributed by atoms with Crippen LogP contribution in [0.5, 0.6) is 5.88 Å². The Morgan fingerprint density at radius 3 is 2.50 bits per heavy atom. The fraction of sp³-hybridized carbons (Fsp3) is 0.357. The number of pyridine rings is 2. The summed E-state index contributed by atoms with van der Waals surface area (Å²) >= 11 is 0.